The lowest BCUT2D eigenvalue weighted by Crippen LogP contribution is -1.94. The maximum absolute atomic E-state index is 4.83. The quantitative estimate of drug-likeness (QED) is 0.573. The van der Waals surface area contributed by atoms with Crippen LogP contribution in [0.2, 0.25) is 0 Å². The Morgan fingerprint density at radius 3 is 3.00 bits per heavy atom. The highest BCUT2D eigenvalue weighted by atomic mass is 32.1. The summed E-state index contributed by atoms with van der Waals surface area (Å²) in [6, 6.07) is 0. The Morgan fingerprint density at radius 1 is 2.00 bits per heavy atom. The topological polar surface area (TPSA) is 33.6 Å². The number of rotatable bonds is 1. The molecule has 1 aromatic rings. The molecule has 0 aliphatic carbocycles. The van der Waals surface area contributed by atoms with Crippen molar-refractivity contribution in [3.63, 3.8) is 0 Å². The van der Waals surface area contributed by atoms with Crippen molar-refractivity contribution in [2.45, 2.75) is 13.5 Å². The Labute approximate surface area is 52.3 Å². The van der Waals surface area contributed by atoms with E-state index in [4.69, 9.17) is 12.2 Å². The third-order valence-corrected chi connectivity index (χ3v) is 1.25. The molecule has 0 aliphatic heterocycles. The second kappa shape index (κ2) is 2.09. The van der Waals surface area contributed by atoms with Crippen molar-refractivity contribution in [3.8, 4) is 0 Å². The molecule has 1 aromatic heterocycles. The van der Waals surface area contributed by atoms with Gasteiger partial charge in [-0.1, -0.05) is 0 Å². The van der Waals surface area contributed by atoms with Crippen molar-refractivity contribution in [3.05, 3.63) is 11.1 Å². The van der Waals surface area contributed by atoms with Gasteiger partial charge in [-0.3, -0.25) is 0 Å². The summed E-state index contributed by atoms with van der Waals surface area (Å²) in [5, 5.41) is 3.89. The van der Waals surface area contributed by atoms with Crippen LogP contribution in [0.25, 0.3) is 0 Å². The fourth-order valence-corrected chi connectivity index (χ4v) is 0.735. The minimum atomic E-state index is 0.688. The second-order valence-electron chi connectivity index (χ2n) is 1.41. The smallest absolute Gasteiger partial charge is 0.194 e. The summed E-state index contributed by atoms with van der Waals surface area (Å²) in [5.74, 6) is 0. The highest BCUT2D eigenvalue weighted by Gasteiger charge is 1.84. The van der Waals surface area contributed by atoms with E-state index in [1.54, 1.807) is 11.0 Å². The van der Waals surface area contributed by atoms with Gasteiger partial charge in [-0.2, -0.15) is 5.10 Å². The van der Waals surface area contributed by atoms with Gasteiger partial charge in [0.15, 0.2) is 4.77 Å². The van der Waals surface area contributed by atoms with Gasteiger partial charge in [0.25, 0.3) is 0 Å². The number of hydrogen-bond acceptors (Lipinski definition) is 2. The van der Waals surface area contributed by atoms with Crippen LogP contribution >= 0.6 is 12.2 Å². The van der Waals surface area contributed by atoms with Gasteiger partial charge in [0, 0.05) is 6.54 Å². The molecule has 3 nitrogen and oxygen atoms in total. The maximum Gasteiger partial charge on any atom is 0.194 e. The monoisotopic (exact) mass is 129 g/mol. The van der Waals surface area contributed by atoms with Crippen molar-refractivity contribution >= 4 is 12.2 Å². The van der Waals surface area contributed by atoms with E-state index in [0.717, 1.165) is 6.54 Å². The van der Waals surface area contributed by atoms with Crippen LogP contribution in [0.3, 0.4) is 0 Å². The van der Waals surface area contributed by atoms with Gasteiger partial charge < -0.3 is 4.98 Å². The normalized spacial score (nSPS) is 9.62. The summed E-state index contributed by atoms with van der Waals surface area (Å²) in [6.07, 6.45) is 1.59. The first kappa shape index (κ1) is 5.50. The predicted octanol–water partition coefficient (Wildman–Crippen LogP) is 0.961. The lowest BCUT2D eigenvalue weighted by Gasteiger charge is -1.87. The molecule has 1 N–H and O–H groups in total. The molecule has 0 atom stereocenters. The van der Waals surface area contributed by atoms with Gasteiger partial charge in [-0.15, -0.1) is 0 Å². The molecular formula is C4H7N3S. The number of hydrogen-bond donors (Lipinski definition) is 1. The third-order valence-electron chi connectivity index (χ3n) is 0.919. The Kier molecular flexibility index (Phi) is 1.43. The van der Waals surface area contributed by atoms with E-state index >= 15 is 0 Å². The Morgan fingerprint density at radius 2 is 2.75 bits per heavy atom. The molecule has 1 heterocycles. The van der Waals surface area contributed by atoms with E-state index < -0.39 is 0 Å². The van der Waals surface area contributed by atoms with E-state index in [2.05, 4.69) is 10.1 Å². The highest BCUT2D eigenvalue weighted by molar-refractivity contribution is 7.71. The Hall–Kier alpha value is -0.640. The number of aromatic amines is 1. The molecule has 44 valence electrons. The fraction of sp³-hybridized carbons (Fsp3) is 0.500. The summed E-state index contributed by atoms with van der Waals surface area (Å²) < 4.78 is 2.41. The summed E-state index contributed by atoms with van der Waals surface area (Å²) >= 11 is 4.83. The number of nitrogens with one attached hydrogen (secondary N) is 1. The standard InChI is InChI=1S/C4H7N3S/c1-2-7-4(8)5-3-6-7/h3H,2H2,1H3,(H,5,6,8). The van der Waals surface area contributed by atoms with Gasteiger partial charge in [0.05, 0.1) is 0 Å². The van der Waals surface area contributed by atoms with Gasteiger partial charge in [-0.05, 0) is 19.1 Å². The highest BCUT2D eigenvalue weighted by Crippen LogP contribution is 1.81. The molecule has 0 unspecified atom stereocenters. The van der Waals surface area contributed by atoms with Crippen molar-refractivity contribution in [1.82, 2.24) is 14.8 Å². The summed E-state index contributed by atoms with van der Waals surface area (Å²) in [6.45, 7) is 2.83. The molecule has 0 aromatic carbocycles. The molecule has 0 bridgehead atoms. The third kappa shape index (κ3) is 0.790. The van der Waals surface area contributed by atoms with E-state index in [-0.39, 0.29) is 0 Å². The molecule has 0 amide bonds. The number of aryl methyl sites for hydroxylation is 1. The van der Waals surface area contributed by atoms with Crippen LogP contribution in [0, 0.1) is 4.77 Å². The Balaban J connectivity index is 3.11. The van der Waals surface area contributed by atoms with E-state index in [1.807, 2.05) is 6.92 Å². The zero-order valence-corrected chi connectivity index (χ0v) is 5.40. The minimum absolute atomic E-state index is 0.688. The SMILES string of the molecule is CCn1nc[nH]c1=S. The van der Waals surface area contributed by atoms with Crippen molar-refractivity contribution in [2.24, 2.45) is 0 Å². The number of aromatic nitrogens is 3. The molecule has 0 saturated heterocycles. The lowest BCUT2D eigenvalue weighted by molar-refractivity contribution is 0.648. The first-order valence-electron chi connectivity index (χ1n) is 2.45. The maximum atomic E-state index is 4.83. The van der Waals surface area contributed by atoms with Crippen LogP contribution in [0.4, 0.5) is 0 Å². The van der Waals surface area contributed by atoms with Crippen molar-refractivity contribution in [2.75, 3.05) is 0 Å². The van der Waals surface area contributed by atoms with Crippen LogP contribution in [0.5, 0.6) is 0 Å². The summed E-state index contributed by atoms with van der Waals surface area (Å²) in [4.78, 5) is 2.79. The van der Waals surface area contributed by atoms with Crippen LogP contribution in [0.1, 0.15) is 6.92 Å². The minimum Gasteiger partial charge on any atom is -0.320 e. The first-order valence-corrected chi connectivity index (χ1v) is 2.86. The molecule has 0 saturated carbocycles. The first-order chi connectivity index (χ1) is 3.84. The largest absolute Gasteiger partial charge is 0.320 e. The average molecular weight is 129 g/mol. The molecule has 1 rings (SSSR count). The van der Waals surface area contributed by atoms with E-state index in [0.29, 0.717) is 4.77 Å². The molecule has 8 heavy (non-hydrogen) atoms. The number of nitrogens with zero attached hydrogens (tertiary/aromatic N) is 2. The zero-order chi connectivity index (χ0) is 5.98. The summed E-state index contributed by atoms with van der Waals surface area (Å²) in [5.41, 5.74) is 0. The molecule has 4 heteroatoms. The van der Waals surface area contributed by atoms with Crippen LogP contribution in [-0.2, 0) is 6.54 Å². The molecule has 0 radical (unpaired) electrons. The summed E-state index contributed by atoms with van der Waals surface area (Å²) in [7, 11) is 0. The molecule has 0 aliphatic rings. The Bertz CT molecular complexity index is 211. The van der Waals surface area contributed by atoms with E-state index in [9.17, 15) is 0 Å². The van der Waals surface area contributed by atoms with Crippen LogP contribution in [0.15, 0.2) is 6.33 Å². The predicted molar refractivity (Wildman–Crippen MR) is 33.1 cm³/mol. The second-order valence-corrected chi connectivity index (χ2v) is 1.80. The van der Waals surface area contributed by atoms with Gasteiger partial charge in [0.2, 0.25) is 0 Å². The molecule has 0 spiro atoms. The van der Waals surface area contributed by atoms with Gasteiger partial charge in [0.1, 0.15) is 6.33 Å². The number of H-pyrrole nitrogens is 1. The fourth-order valence-electron chi connectivity index (χ4n) is 0.506. The van der Waals surface area contributed by atoms with Crippen LogP contribution < -0.4 is 0 Å². The van der Waals surface area contributed by atoms with Gasteiger partial charge >= 0.3 is 0 Å². The molecular weight excluding hydrogens is 122 g/mol. The van der Waals surface area contributed by atoms with Gasteiger partial charge in [-0.25, -0.2) is 4.68 Å². The van der Waals surface area contributed by atoms with E-state index in [1.165, 1.54) is 0 Å². The average Bonchev–Trinajstić information content (AvgIpc) is 2.14. The lowest BCUT2D eigenvalue weighted by atomic mass is 10.8. The van der Waals surface area contributed by atoms with Crippen LogP contribution in [-0.4, -0.2) is 14.8 Å². The molecule has 0 fully saturated rings. The zero-order valence-electron chi connectivity index (χ0n) is 4.59. The van der Waals surface area contributed by atoms with Crippen molar-refractivity contribution in [1.29, 1.82) is 0 Å². The van der Waals surface area contributed by atoms with Crippen molar-refractivity contribution < 1.29 is 0 Å².